The van der Waals surface area contributed by atoms with E-state index < -0.39 is 0 Å². The van der Waals surface area contributed by atoms with E-state index in [4.69, 9.17) is 23.2 Å². The van der Waals surface area contributed by atoms with E-state index in [1.165, 1.54) is 5.69 Å². The lowest BCUT2D eigenvalue weighted by atomic mass is 10.2. The molecule has 0 bridgehead atoms. The predicted molar refractivity (Wildman–Crippen MR) is 62.3 cm³/mol. The van der Waals surface area contributed by atoms with Crippen LogP contribution in [0.25, 0.3) is 10.9 Å². The Hall–Kier alpha value is -0.660. The first-order valence-electron chi connectivity index (χ1n) is 4.57. The van der Waals surface area contributed by atoms with Crippen LogP contribution in [-0.2, 0) is 13.5 Å². The number of fused-ring (bicyclic) bond motifs is 1. The summed E-state index contributed by atoms with van der Waals surface area (Å²) in [6.07, 6.45) is 0.999. The van der Waals surface area contributed by atoms with Crippen LogP contribution in [0, 0.1) is 0 Å². The van der Waals surface area contributed by atoms with Gasteiger partial charge in [0.2, 0.25) is 0 Å². The Bertz CT molecular complexity index is 485. The van der Waals surface area contributed by atoms with Crippen LogP contribution in [0.3, 0.4) is 0 Å². The van der Waals surface area contributed by atoms with Crippen molar-refractivity contribution in [2.75, 3.05) is 0 Å². The number of hydrogen-bond acceptors (Lipinski definition) is 0. The van der Waals surface area contributed by atoms with Gasteiger partial charge in [0, 0.05) is 23.6 Å². The van der Waals surface area contributed by atoms with Crippen molar-refractivity contribution in [3.05, 3.63) is 33.9 Å². The van der Waals surface area contributed by atoms with Gasteiger partial charge in [-0.25, -0.2) is 0 Å². The molecule has 2 aromatic rings. The molecule has 74 valence electrons. The van der Waals surface area contributed by atoms with E-state index in [1.54, 1.807) is 0 Å². The van der Waals surface area contributed by atoms with E-state index in [0.29, 0.717) is 10.0 Å². The van der Waals surface area contributed by atoms with E-state index in [-0.39, 0.29) is 0 Å². The highest BCUT2D eigenvalue weighted by Crippen LogP contribution is 2.32. The summed E-state index contributed by atoms with van der Waals surface area (Å²) < 4.78 is 2.15. The molecule has 0 spiro atoms. The van der Waals surface area contributed by atoms with E-state index in [9.17, 15) is 0 Å². The molecular formula is C11H11Cl2N. The molecule has 14 heavy (non-hydrogen) atoms. The molecule has 0 saturated carbocycles. The lowest BCUT2D eigenvalue weighted by Crippen LogP contribution is -1.92. The maximum atomic E-state index is 6.12. The van der Waals surface area contributed by atoms with Crippen LogP contribution in [0.1, 0.15) is 12.6 Å². The van der Waals surface area contributed by atoms with E-state index in [2.05, 4.69) is 17.6 Å². The number of rotatable bonds is 1. The SMILES string of the molecule is CCc1cc2c(Cl)c(Cl)ccc2n1C. The summed E-state index contributed by atoms with van der Waals surface area (Å²) in [6.45, 7) is 2.13. The van der Waals surface area contributed by atoms with Crippen molar-refractivity contribution in [1.29, 1.82) is 0 Å². The number of halogens is 2. The minimum atomic E-state index is 0.618. The van der Waals surface area contributed by atoms with Crippen LogP contribution in [0.15, 0.2) is 18.2 Å². The van der Waals surface area contributed by atoms with Gasteiger partial charge in [-0.1, -0.05) is 30.1 Å². The molecule has 1 heterocycles. The van der Waals surface area contributed by atoms with Gasteiger partial charge in [0.1, 0.15) is 0 Å². The molecule has 0 radical (unpaired) electrons. The van der Waals surface area contributed by atoms with Crippen molar-refractivity contribution in [1.82, 2.24) is 4.57 Å². The Morgan fingerprint density at radius 1 is 1.29 bits per heavy atom. The number of hydrogen-bond donors (Lipinski definition) is 0. The Morgan fingerprint density at radius 2 is 2.00 bits per heavy atom. The first kappa shape index (κ1) is 9.88. The van der Waals surface area contributed by atoms with E-state index in [1.807, 2.05) is 19.2 Å². The van der Waals surface area contributed by atoms with Crippen LogP contribution in [-0.4, -0.2) is 4.57 Å². The van der Waals surface area contributed by atoms with Crippen LogP contribution in [0.2, 0.25) is 10.0 Å². The van der Waals surface area contributed by atoms with Crippen LogP contribution < -0.4 is 0 Å². The van der Waals surface area contributed by atoms with Gasteiger partial charge in [0.15, 0.2) is 0 Å². The molecule has 0 fully saturated rings. The highest BCUT2D eigenvalue weighted by molar-refractivity contribution is 6.45. The van der Waals surface area contributed by atoms with Crippen molar-refractivity contribution in [2.24, 2.45) is 7.05 Å². The summed E-state index contributed by atoms with van der Waals surface area (Å²) >= 11 is 12.1. The fourth-order valence-electron chi connectivity index (χ4n) is 1.74. The summed E-state index contributed by atoms with van der Waals surface area (Å²) in [5, 5.41) is 2.31. The number of benzene rings is 1. The lowest BCUT2D eigenvalue weighted by molar-refractivity contribution is 0.866. The third-order valence-corrected chi connectivity index (χ3v) is 3.39. The molecule has 0 atom stereocenters. The molecule has 2 rings (SSSR count). The number of aryl methyl sites for hydroxylation is 2. The minimum Gasteiger partial charge on any atom is -0.348 e. The summed E-state index contributed by atoms with van der Waals surface area (Å²) in [5.41, 5.74) is 2.40. The maximum Gasteiger partial charge on any atom is 0.0686 e. The first-order chi connectivity index (χ1) is 6.65. The minimum absolute atomic E-state index is 0.618. The van der Waals surface area contributed by atoms with Gasteiger partial charge in [-0.3, -0.25) is 0 Å². The van der Waals surface area contributed by atoms with Crippen LogP contribution in [0.5, 0.6) is 0 Å². The van der Waals surface area contributed by atoms with Crippen molar-refractivity contribution >= 4 is 34.1 Å². The van der Waals surface area contributed by atoms with E-state index >= 15 is 0 Å². The average Bonchev–Trinajstić information content (AvgIpc) is 2.50. The molecule has 1 nitrogen and oxygen atoms in total. The zero-order chi connectivity index (χ0) is 10.3. The van der Waals surface area contributed by atoms with Gasteiger partial charge in [-0.15, -0.1) is 0 Å². The highest BCUT2D eigenvalue weighted by Gasteiger charge is 2.09. The van der Waals surface area contributed by atoms with Gasteiger partial charge in [-0.2, -0.15) is 0 Å². The highest BCUT2D eigenvalue weighted by atomic mass is 35.5. The van der Waals surface area contributed by atoms with Gasteiger partial charge in [0.05, 0.1) is 10.0 Å². The number of aromatic nitrogens is 1. The summed E-state index contributed by atoms with van der Waals surface area (Å²) in [5.74, 6) is 0. The Balaban J connectivity index is 2.85. The van der Waals surface area contributed by atoms with Crippen molar-refractivity contribution in [2.45, 2.75) is 13.3 Å². The Kier molecular flexibility index (Phi) is 2.46. The smallest absolute Gasteiger partial charge is 0.0686 e. The zero-order valence-electron chi connectivity index (χ0n) is 8.14. The largest absolute Gasteiger partial charge is 0.348 e. The Labute approximate surface area is 93.2 Å². The van der Waals surface area contributed by atoms with Crippen molar-refractivity contribution in [3.63, 3.8) is 0 Å². The average molecular weight is 228 g/mol. The molecule has 1 aromatic heterocycles. The first-order valence-corrected chi connectivity index (χ1v) is 5.33. The lowest BCUT2D eigenvalue weighted by Gasteiger charge is -2.01. The molecule has 0 N–H and O–H groups in total. The normalized spacial score (nSPS) is 11.1. The van der Waals surface area contributed by atoms with Crippen molar-refractivity contribution in [3.8, 4) is 0 Å². The van der Waals surface area contributed by atoms with Gasteiger partial charge in [0.25, 0.3) is 0 Å². The summed E-state index contributed by atoms with van der Waals surface area (Å²) in [4.78, 5) is 0. The molecular weight excluding hydrogens is 217 g/mol. The third-order valence-electron chi connectivity index (χ3n) is 2.57. The molecule has 0 saturated heterocycles. The number of nitrogens with zero attached hydrogens (tertiary/aromatic N) is 1. The molecule has 0 aliphatic rings. The second-order valence-electron chi connectivity index (χ2n) is 3.34. The predicted octanol–water partition coefficient (Wildman–Crippen LogP) is 4.05. The quantitative estimate of drug-likeness (QED) is 0.693. The fourth-order valence-corrected chi connectivity index (χ4v) is 2.12. The maximum absolute atomic E-state index is 6.12. The third kappa shape index (κ3) is 1.32. The van der Waals surface area contributed by atoms with Gasteiger partial charge in [-0.05, 0) is 24.6 Å². The van der Waals surface area contributed by atoms with E-state index in [0.717, 1.165) is 17.3 Å². The summed E-state index contributed by atoms with van der Waals surface area (Å²) in [7, 11) is 2.05. The molecule has 0 aliphatic heterocycles. The van der Waals surface area contributed by atoms with Crippen molar-refractivity contribution < 1.29 is 0 Å². The van der Waals surface area contributed by atoms with Gasteiger partial charge < -0.3 is 4.57 Å². The molecule has 0 amide bonds. The van der Waals surface area contributed by atoms with Crippen LogP contribution in [0.4, 0.5) is 0 Å². The standard InChI is InChI=1S/C11H11Cl2N/c1-3-7-6-8-10(14(7)2)5-4-9(12)11(8)13/h4-6H,3H2,1-2H3. The molecule has 0 unspecified atom stereocenters. The zero-order valence-corrected chi connectivity index (χ0v) is 9.65. The molecule has 0 aliphatic carbocycles. The second kappa shape index (κ2) is 3.48. The molecule has 1 aromatic carbocycles. The Morgan fingerprint density at radius 3 is 2.64 bits per heavy atom. The van der Waals surface area contributed by atoms with Crippen LogP contribution >= 0.6 is 23.2 Å². The summed E-state index contributed by atoms with van der Waals surface area (Å²) in [6, 6.07) is 5.94. The monoisotopic (exact) mass is 227 g/mol. The topological polar surface area (TPSA) is 4.93 Å². The van der Waals surface area contributed by atoms with Gasteiger partial charge >= 0.3 is 0 Å². The fraction of sp³-hybridized carbons (Fsp3) is 0.273. The molecule has 3 heteroatoms. The second-order valence-corrected chi connectivity index (χ2v) is 4.13.